The minimum atomic E-state index is -0.100. The molecule has 0 spiro atoms. The first-order chi connectivity index (χ1) is 11.7. The Bertz CT molecular complexity index is 381. The van der Waals surface area contributed by atoms with Gasteiger partial charge in [0.05, 0.1) is 0 Å². The average Bonchev–Trinajstić information content (AvgIpc) is 2.62. The second-order valence-corrected chi connectivity index (χ2v) is 9.01. The molecular formula is C22H38O2. The summed E-state index contributed by atoms with van der Waals surface area (Å²) in [7, 11) is 0. The third-order valence-corrected chi connectivity index (χ3v) is 7.67. The van der Waals surface area contributed by atoms with Crippen molar-refractivity contribution < 1.29 is 9.53 Å². The Morgan fingerprint density at radius 1 is 0.708 bits per heavy atom. The van der Waals surface area contributed by atoms with Crippen molar-refractivity contribution in [2.45, 2.75) is 103 Å². The Labute approximate surface area is 149 Å². The zero-order valence-corrected chi connectivity index (χ0v) is 16.0. The number of carbonyl (C=O) groups is 1. The minimum absolute atomic E-state index is 0.100. The van der Waals surface area contributed by atoms with E-state index in [1.807, 2.05) is 0 Å². The third-order valence-electron chi connectivity index (χ3n) is 7.67. The van der Waals surface area contributed by atoms with Gasteiger partial charge in [-0.3, -0.25) is 4.79 Å². The molecule has 0 aromatic rings. The zero-order chi connectivity index (χ0) is 16.9. The number of ether oxygens (including phenoxy) is 1. The van der Waals surface area contributed by atoms with Crippen LogP contribution < -0.4 is 0 Å². The summed E-state index contributed by atoms with van der Waals surface area (Å²) >= 11 is 0. The van der Waals surface area contributed by atoms with Gasteiger partial charge in [-0.1, -0.05) is 26.2 Å². The molecule has 0 aliphatic heterocycles. The quantitative estimate of drug-likeness (QED) is 0.578. The van der Waals surface area contributed by atoms with Gasteiger partial charge in [-0.25, -0.2) is 0 Å². The summed E-state index contributed by atoms with van der Waals surface area (Å²) in [4.78, 5) is 11.1. The smallest absolute Gasteiger partial charge is 0.302 e. The van der Waals surface area contributed by atoms with Crippen LogP contribution in [0.1, 0.15) is 97.3 Å². The molecule has 2 nitrogen and oxygen atoms in total. The molecule has 0 aromatic heterocycles. The molecule has 0 bridgehead atoms. The lowest BCUT2D eigenvalue weighted by molar-refractivity contribution is -0.148. The van der Waals surface area contributed by atoms with E-state index in [9.17, 15) is 4.79 Å². The van der Waals surface area contributed by atoms with E-state index in [-0.39, 0.29) is 12.1 Å². The van der Waals surface area contributed by atoms with Crippen molar-refractivity contribution in [1.82, 2.24) is 0 Å². The summed E-state index contributed by atoms with van der Waals surface area (Å²) in [5.41, 5.74) is 0. The molecule has 0 radical (unpaired) electrons. The number of carbonyl (C=O) groups excluding carboxylic acids is 1. The molecule has 0 amide bonds. The summed E-state index contributed by atoms with van der Waals surface area (Å²) in [6.45, 7) is 3.91. The van der Waals surface area contributed by atoms with Gasteiger partial charge in [0.25, 0.3) is 0 Å². The van der Waals surface area contributed by atoms with E-state index < -0.39 is 0 Å². The Morgan fingerprint density at radius 3 is 1.46 bits per heavy atom. The lowest BCUT2D eigenvalue weighted by Crippen LogP contribution is -2.31. The van der Waals surface area contributed by atoms with E-state index in [1.54, 1.807) is 6.92 Å². The van der Waals surface area contributed by atoms with Gasteiger partial charge in [-0.2, -0.15) is 0 Å². The van der Waals surface area contributed by atoms with Crippen molar-refractivity contribution in [3.63, 3.8) is 0 Å². The van der Waals surface area contributed by atoms with Crippen LogP contribution in [0.15, 0.2) is 0 Å². The molecule has 0 aromatic carbocycles. The highest BCUT2D eigenvalue weighted by molar-refractivity contribution is 5.66. The summed E-state index contributed by atoms with van der Waals surface area (Å²) in [5.74, 6) is 4.90. The SMILES string of the molecule is CCC1CCC(C2CCC(C3CCC(OC(C)=O)CC3)CC2)CC1. The van der Waals surface area contributed by atoms with Gasteiger partial charge in [-0.15, -0.1) is 0 Å². The molecule has 2 heteroatoms. The molecule has 0 N–H and O–H groups in total. The number of esters is 1. The fraction of sp³-hybridized carbons (Fsp3) is 0.955. The van der Waals surface area contributed by atoms with Gasteiger partial charge >= 0.3 is 5.97 Å². The van der Waals surface area contributed by atoms with Gasteiger partial charge in [0.2, 0.25) is 0 Å². The van der Waals surface area contributed by atoms with Crippen molar-refractivity contribution in [1.29, 1.82) is 0 Å². The zero-order valence-electron chi connectivity index (χ0n) is 16.0. The van der Waals surface area contributed by atoms with Crippen molar-refractivity contribution >= 4 is 5.97 Å². The van der Waals surface area contributed by atoms with E-state index in [4.69, 9.17) is 4.74 Å². The summed E-state index contributed by atoms with van der Waals surface area (Å²) in [5, 5.41) is 0. The second kappa shape index (κ2) is 8.72. The Balaban J connectivity index is 1.37. The van der Waals surface area contributed by atoms with E-state index in [1.165, 1.54) is 70.6 Å². The van der Waals surface area contributed by atoms with Crippen molar-refractivity contribution in [3.05, 3.63) is 0 Å². The summed E-state index contributed by atoms with van der Waals surface area (Å²) < 4.78 is 5.40. The summed E-state index contributed by atoms with van der Waals surface area (Å²) in [6, 6.07) is 0. The first-order valence-corrected chi connectivity index (χ1v) is 10.8. The van der Waals surface area contributed by atoms with E-state index in [0.29, 0.717) is 0 Å². The topological polar surface area (TPSA) is 26.3 Å². The van der Waals surface area contributed by atoms with Crippen molar-refractivity contribution in [2.24, 2.45) is 29.6 Å². The van der Waals surface area contributed by atoms with Gasteiger partial charge in [0.1, 0.15) is 6.10 Å². The van der Waals surface area contributed by atoms with Gasteiger partial charge in [0, 0.05) is 6.92 Å². The lowest BCUT2D eigenvalue weighted by atomic mass is 9.65. The molecule has 138 valence electrons. The van der Waals surface area contributed by atoms with Crippen molar-refractivity contribution in [3.8, 4) is 0 Å². The highest BCUT2D eigenvalue weighted by atomic mass is 16.5. The van der Waals surface area contributed by atoms with Crippen LogP contribution >= 0.6 is 0 Å². The first kappa shape index (κ1) is 18.3. The molecule has 0 heterocycles. The molecule has 3 aliphatic carbocycles. The second-order valence-electron chi connectivity index (χ2n) is 9.01. The predicted molar refractivity (Wildman–Crippen MR) is 98.7 cm³/mol. The van der Waals surface area contributed by atoms with E-state index in [2.05, 4.69) is 6.92 Å². The average molecular weight is 335 g/mol. The van der Waals surface area contributed by atoms with Crippen LogP contribution in [-0.2, 0) is 9.53 Å². The highest BCUT2D eigenvalue weighted by Crippen LogP contribution is 2.45. The Morgan fingerprint density at radius 2 is 1.08 bits per heavy atom. The van der Waals surface area contributed by atoms with Crippen LogP contribution in [0.25, 0.3) is 0 Å². The van der Waals surface area contributed by atoms with Crippen LogP contribution in [0.3, 0.4) is 0 Å². The molecule has 24 heavy (non-hydrogen) atoms. The van der Waals surface area contributed by atoms with Gasteiger partial charge in [-0.05, 0) is 93.8 Å². The maximum atomic E-state index is 11.1. The fourth-order valence-electron chi connectivity index (χ4n) is 6.07. The van der Waals surface area contributed by atoms with Crippen LogP contribution in [0.4, 0.5) is 0 Å². The van der Waals surface area contributed by atoms with E-state index in [0.717, 1.165) is 42.4 Å². The molecule has 0 unspecified atom stereocenters. The summed E-state index contributed by atoms with van der Waals surface area (Å²) in [6.07, 6.45) is 18.4. The molecule has 3 saturated carbocycles. The van der Waals surface area contributed by atoms with Crippen LogP contribution in [0.5, 0.6) is 0 Å². The number of hydrogen-bond acceptors (Lipinski definition) is 2. The molecule has 3 fully saturated rings. The monoisotopic (exact) mass is 334 g/mol. The highest BCUT2D eigenvalue weighted by Gasteiger charge is 2.34. The minimum Gasteiger partial charge on any atom is -0.463 e. The number of rotatable bonds is 4. The molecule has 3 rings (SSSR count). The van der Waals surface area contributed by atoms with Crippen LogP contribution in [0, 0.1) is 29.6 Å². The lowest BCUT2D eigenvalue weighted by Gasteiger charge is -2.41. The number of hydrogen-bond donors (Lipinski definition) is 0. The third kappa shape index (κ3) is 4.76. The van der Waals surface area contributed by atoms with Gasteiger partial charge < -0.3 is 4.74 Å². The normalized spacial score (nSPS) is 40.9. The van der Waals surface area contributed by atoms with Crippen LogP contribution in [-0.4, -0.2) is 12.1 Å². The molecule has 0 atom stereocenters. The fourth-order valence-corrected chi connectivity index (χ4v) is 6.07. The standard InChI is InChI=1S/C22H38O2/c1-3-17-4-6-18(7-5-17)19-8-10-20(11-9-19)21-12-14-22(15-13-21)24-16(2)23/h17-22H,3-15H2,1-2H3. The largest absolute Gasteiger partial charge is 0.463 e. The molecule has 0 saturated heterocycles. The molecular weight excluding hydrogens is 296 g/mol. The molecule has 3 aliphatic rings. The maximum absolute atomic E-state index is 11.1. The van der Waals surface area contributed by atoms with Gasteiger partial charge in [0.15, 0.2) is 0 Å². The Kier molecular flexibility index (Phi) is 6.63. The van der Waals surface area contributed by atoms with Crippen LogP contribution in [0.2, 0.25) is 0 Å². The maximum Gasteiger partial charge on any atom is 0.302 e. The Hall–Kier alpha value is -0.530. The van der Waals surface area contributed by atoms with Crippen molar-refractivity contribution in [2.75, 3.05) is 0 Å². The van der Waals surface area contributed by atoms with E-state index >= 15 is 0 Å². The first-order valence-electron chi connectivity index (χ1n) is 10.8. The predicted octanol–water partition coefficient (Wildman–Crippen LogP) is 6.13.